The zero-order chi connectivity index (χ0) is 15.0. The van der Waals surface area contributed by atoms with E-state index in [0.717, 1.165) is 24.1 Å². The fraction of sp³-hybridized carbons (Fsp3) is 0.500. The van der Waals surface area contributed by atoms with E-state index in [0.29, 0.717) is 5.02 Å². The second-order valence-corrected chi connectivity index (χ2v) is 7.17. The van der Waals surface area contributed by atoms with Crippen molar-refractivity contribution in [3.8, 4) is 0 Å². The fourth-order valence-corrected chi connectivity index (χ4v) is 3.69. The van der Waals surface area contributed by atoms with Gasteiger partial charge in [-0.1, -0.05) is 36.9 Å². The molecular weight excluding hydrogens is 282 g/mol. The SMILES string of the molecule is CC1(C)N/C(=C\C(=O)C2CCCCC2)c2cc(Cl)ccc21. The number of allylic oxidation sites excluding steroid dienone is 1. The van der Waals surface area contributed by atoms with Crippen LogP contribution in [0.15, 0.2) is 24.3 Å². The molecule has 0 aromatic heterocycles. The molecule has 2 aliphatic rings. The molecule has 2 nitrogen and oxygen atoms in total. The summed E-state index contributed by atoms with van der Waals surface area (Å²) >= 11 is 6.13. The van der Waals surface area contributed by atoms with Crippen LogP contribution in [0.25, 0.3) is 5.70 Å². The Balaban J connectivity index is 1.91. The Labute approximate surface area is 131 Å². The van der Waals surface area contributed by atoms with Crippen molar-refractivity contribution in [1.29, 1.82) is 0 Å². The number of rotatable bonds is 2. The lowest BCUT2D eigenvalue weighted by molar-refractivity contribution is -0.119. The average Bonchev–Trinajstić information content (AvgIpc) is 2.70. The summed E-state index contributed by atoms with van der Waals surface area (Å²) in [6.45, 7) is 4.26. The molecule has 3 heteroatoms. The molecule has 112 valence electrons. The van der Waals surface area contributed by atoms with Gasteiger partial charge in [-0.3, -0.25) is 4.79 Å². The van der Waals surface area contributed by atoms with Crippen molar-refractivity contribution in [2.24, 2.45) is 5.92 Å². The lowest BCUT2D eigenvalue weighted by atomic mass is 9.86. The van der Waals surface area contributed by atoms with E-state index in [1.54, 1.807) is 6.08 Å². The summed E-state index contributed by atoms with van der Waals surface area (Å²) in [5.41, 5.74) is 3.04. The van der Waals surface area contributed by atoms with E-state index >= 15 is 0 Å². The maximum atomic E-state index is 12.5. The molecule has 1 heterocycles. The second kappa shape index (κ2) is 5.49. The number of fused-ring (bicyclic) bond motifs is 1. The first kappa shape index (κ1) is 14.6. The van der Waals surface area contributed by atoms with Gasteiger partial charge in [0, 0.05) is 28.3 Å². The number of hydrogen-bond acceptors (Lipinski definition) is 2. The predicted molar refractivity (Wildman–Crippen MR) is 87.2 cm³/mol. The van der Waals surface area contributed by atoms with E-state index in [4.69, 9.17) is 11.6 Å². The fourth-order valence-electron chi connectivity index (χ4n) is 3.52. The van der Waals surface area contributed by atoms with Crippen LogP contribution in [0.4, 0.5) is 0 Å². The Kier molecular flexibility index (Phi) is 3.83. The van der Waals surface area contributed by atoms with E-state index in [2.05, 4.69) is 25.2 Å². The molecule has 1 aliphatic carbocycles. The second-order valence-electron chi connectivity index (χ2n) is 6.74. The van der Waals surface area contributed by atoms with Gasteiger partial charge in [0.05, 0.1) is 5.54 Å². The molecule has 0 radical (unpaired) electrons. The quantitative estimate of drug-likeness (QED) is 0.805. The third-order valence-corrected chi connectivity index (χ3v) is 4.92. The van der Waals surface area contributed by atoms with Gasteiger partial charge in [-0.25, -0.2) is 0 Å². The normalized spacial score (nSPS) is 22.9. The highest BCUT2D eigenvalue weighted by Gasteiger charge is 2.33. The number of carbonyl (C=O) groups is 1. The summed E-state index contributed by atoms with van der Waals surface area (Å²) in [4.78, 5) is 12.5. The third-order valence-electron chi connectivity index (χ3n) is 4.69. The zero-order valence-corrected chi connectivity index (χ0v) is 13.5. The number of hydrogen-bond donors (Lipinski definition) is 1. The van der Waals surface area contributed by atoms with Crippen LogP contribution >= 0.6 is 11.6 Å². The topological polar surface area (TPSA) is 29.1 Å². The van der Waals surface area contributed by atoms with E-state index in [1.165, 1.54) is 24.8 Å². The molecule has 21 heavy (non-hydrogen) atoms. The molecule has 1 fully saturated rings. The van der Waals surface area contributed by atoms with Crippen molar-refractivity contribution < 1.29 is 4.79 Å². The molecule has 1 aromatic rings. The molecule has 1 N–H and O–H groups in total. The summed E-state index contributed by atoms with van der Waals surface area (Å²) in [7, 11) is 0. The Bertz CT molecular complexity index is 597. The molecule has 3 rings (SSSR count). The highest BCUT2D eigenvalue weighted by Crippen LogP contribution is 2.38. The molecule has 0 saturated heterocycles. The van der Waals surface area contributed by atoms with Crippen LogP contribution in [0.3, 0.4) is 0 Å². The predicted octanol–water partition coefficient (Wildman–Crippen LogP) is 4.67. The van der Waals surface area contributed by atoms with Crippen molar-refractivity contribution in [3.05, 3.63) is 40.4 Å². The zero-order valence-electron chi connectivity index (χ0n) is 12.7. The molecule has 1 saturated carbocycles. The van der Waals surface area contributed by atoms with E-state index in [-0.39, 0.29) is 17.2 Å². The van der Waals surface area contributed by atoms with Crippen LogP contribution in [0.1, 0.15) is 57.1 Å². The van der Waals surface area contributed by atoms with Crippen LogP contribution < -0.4 is 5.32 Å². The summed E-state index contributed by atoms with van der Waals surface area (Å²) in [5, 5.41) is 4.19. The lowest BCUT2D eigenvalue weighted by Crippen LogP contribution is -2.29. The molecule has 1 aromatic carbocycles. The monoisotopic (exact) mass is 303 g/mol. The number of ketones is 1. The maximum absolute atomic E-state index is 12.5. The molecule has 0 bridgehead atoms. The lowest BCUT2D eigenvalue weighted by Gasteiger charge is -2.21. The summed E-state index contributed by atoms with van der Waals surface area (Å²) < 4.78 is 0. The van der Waals surface area contributed by atoms with Crippen molar-refractivity contribution in [3.63, 3.8) is 0 Å². The van der Waals surface area contributed by atoms with Crippen LogP contribution in [-0.2, 0) is 10.3 Å². The Morgan fingerprint density at radius 2 is 2.00 bits per heavy atom. The molecular formula is C18H22ClNO. The van der Waals surface area contributed by atoms with Gasteiger partial charge in [0.1, 0.15) is 0 Å². The Morgan fingerprint density at radius 3 is 2.71 bits per heavy atom. The first-order chi connectivity index (χ1) is 9.97. The minimum atomic E-state index is -0.154. The van der Waals surface area contributed by atoms with E-state index in [1.807, 2.05) is 12.1 Å². The maximum Gasteiger partial charge on any atom is 0.160 e. The highest BCUT2D eigenvalue weighted by atomic mass is 35.5. The summed E-state index contributed by atoms with van der Waals surface area (Å²) in [6.07, 6.45) is 7.51. The number of benzene rings is 1. The molecule has 1 aliphatic heterocycles. The van der Waals surface area contributed by atoms with Gasteiger partial charge >= 0.3 is 0 Å². The molecule has 0 unspecified atom stereocenters. The minimum absolute atomic E-state index is 0.154. The van der Waals surface area contributed by atoms with E-state index < -0.39 is 0 Å². The smallest absolute Gasteiger partial charge is 0.160 e. The van der Waals surface area contributed by atoms with Crippen LogP contribution in [-0.4, -0.2) is 5.78 Å². The van der Waals surface area contributed by atoms with Gasteiger partial charge in [-0.2, -0.15) is 0 Å². The third kappa shape index (κ3) is 2.87. The van der Waals surface area contributed by atoms with Gasteiger partial charge in [-0.15, -0.1) is 0 Å². The molecule has 0 atom stereocenters. The van der Waals surface area contributed by atoms with Gasteiger partial charge in [0.15, 0.2) is 5.78 Å². The van der Waals surface area contributed by atoms with Crippen molar-refractivity contribution in [1.82, 2.24) is 5.32 Å². The Hall–Kier alpha value is -1.28. The minimum Gasteiger partial charge on any atom is -0.375 e. The number of nitrogens with one attached hydrogen (secondary N) is 1. The number of carbonyl (C=O) groups excluding carboxylic acids is 1. The van der Waals surface area contributed by atoms with Gasteiger partial charge in [0.25, 0.3) is 0 Å². The van der Waals surface area contributed by atoms with Crippen molar-refractivity contribution in [2.45, 2.75) is 51.5 Å². The molecule has 0 spiro atoms. The summed E-state index contributed by atoms with van der Waals surface area (Å²) in [5.74, 6) is 0.472. The highest BCUT2D eigenvalue weighted by molar-refractivity contribution is 6.30. The Morgan fingerprint density at radius 1 is 1.29 bits per heavy atom. The van der Waals surface area contributed by atoms with Gasteiger partial charge in [0.2, 0.25) is 0 Å². The van der Waals surface area contributed by atoms with Gasteiger partial charge in [-0.05, 0) is 44.4 Å². The molecule has 0 amide bonds. The average molecular weight is 304 g/mol. The van der Waals surface area contributed by atoms with E-state index in [9.17, 15) is 4.79 Å². The van der Waals surface area contributed by atoms with Crippen molar-refractivity contribution >= 4 is 23.1 Å². The number of halogens is 1. The first-order valence-corrected chi connectivity index (χ1v) is 8.19. The van der Waals surface area contributed by atoms with Crippen molar-refractivity contribution in [2.75, 3.05) is 0 Å². The van der Waals surface area contributed by atoms with Gasteiger partial charge < -0.3 is 5.32 Å². The first-order valence-electron chi connectivity index (χ1n) is 7.81. The largest absolute Gasteiger partial charge is 0.375 e. The van der Waals surface area contributed by atoms with Crippen LogP contribution in [0.2, 0.25) is 5.02 Å². The van der Waals surface area contributed by atoms with Crippen LogP contribution in [0.5, 0.6) is 0 Å². The van der Waals surface area contributed by atoms with Crippen LogP contribution in [0, 0.1) is 5.92 Å². The standard InChI is InChI=1S/C18H22ClNO/c1-18(2)15-9-8-13(19)10-14(15)16(20-18)11-17(21)12-6-4-3-5-7-12/h8-12,20H,3-7H2,1-2H3/b16-11-. The summed E-state index contributed by atoms with van der Waals surface area (Å²) in [6, 6.07) is 5.92.